The number of hydrogen-bond donors (Lipinski definition) is 0. The van der Waals surface area contributed by atoms with Gasteiger partial charge in [-0.3, -0.25) is 9.59 Å². The largest absolute Gasteiger partial charge is 0.277 e. The van der Waals surface area contributed by atoms with Crippen molar-refractivity contribution in [3.05, 3.63) is 33.7 Å². The van der Waals surface area contributed by atoms with Crippen molar-refractivity contribution in [1.82, 2.24) is 0 Å². The van der Waals surface area contributed by atoms with E-state index in [-0.39, 0.29) is 11.8 Å². The van der Waals surface area contributed by atoms with Crippen molar-refractivity contribution in [3.63, 3.8) is 0 Å². The van der Waals surface area contributed by atoms with E-state index in [4.69, 9.17) is 0 Å². The zero-order chi connectivity index (χ0) is 11.1. The lowest BCUT2D eigenvalue weighted by Crippen LogP contribution is -2.27. The molecule has 2 heterocycles. The van der Waals surface area contributed by atoms with Crippen LogP contribution >= 0.6 is 0 Å². The third-order valence-corrected chi connectivity index (χ3v) is 2.57. The predicted octanol–water partition coefficient (Wildman–Crippen LogP) is -0.303. The van der Waals surface area contributed by atoms with Gasteiger partial charge in [0.05, 0.1) is 0 Å². The Labute approximate surface area is 90.3 Å². The highest BCUT2D eigenvalue weighted by atomic mass is 16.1. The number of nitrogens with zero attached hydrogens (tertiary/aromatic N) is 2. The van der Waals surface area contributed by atoms with Crippen LogP contribution in [0.2, 0.25) is 0 Å². The van der Waals surface area contributed by atoms with Gasteiger partial charge in [-0.2, -0.15) is 0 Å². The molecule has 2 aliphatic heterocycles. The van der Waals surface area contributed by atoms with Gasteiger partial charge in [-0.15, -0.1) is 0 Å². The van der Waals surface area contributed by atoms with Crippen LogP contribution in [-0.4, -0.2) is 24.2 Å². The van der Waals surface area contributed by atoms with E-state index in [9.17, 15) is 9.59 Å². The van der Waals surface area contributed by atoms with Gasteiger partial charge >= 0.3 is 0 Å². The number of benzene rings is 1. The first-order chi connectivity index (χ1) is 7.75. The molecule has 0 spiro atoms. The lowest BCUT2D eigenvalue weighted by Gasteiger charge is -2.06. The van der Waals surface area contributed by atoms with E-state index in [0.29, 0.717) is 11.1 Å². The average molecular weight is 210 g/mol. The maximum absolute atomic E-state index is 11.5. The van der Waals surface area contributed by atoms with Gasteiger partial charge in [-0.05, 0) is 34.7 Å². The summed E-state index contributed by atoms with van der Waals surface area (Å²) in [4.78, 5) is 30.4. The van der Waals surface area contributed by atoms with Crippen molar-refractivity contribution in [2.24, 2.45) is 9.98 Å². The summed E-state index contributed by atoms with van der Waals surface area (Å²) < 4.78 is 0. The fourth-order valence-electron chi connectivity index (χ4n) is 1.79. The van der Waals surface area contributed by atoms with Crippen LogP contribution in [-0.2, 0) is 0 Å². The molecule has 0 saturated carbocycles. The molecule has 3 rings (SSSR count). The first-order valence-corrected chi connectivity index (χ1v) is 4.77. The third-order valence-electron chi connectivity index (χ3n) is 2.57. The lowest BCUT2D eigenvalue weighted by atomic mass is 10.0. The van der Waals surface area contributed by atoms with Crippen LogP contribution in [0.5, 0.6) is 0 Å². The van der Waals surface area contributed by atoms with E-state index in [2.05, 4.69) is 9.98 Å². The summed E-state index contributed by atoms with van der Waals surface area (Å²) in [5.41, 5.74) is 1.06. The van der Waals surface area contributed by atoms with Crippen molar-refractivity contribution in [2.75, 3.05) is 0 Å². The predicted molar refractivity (Wildman–Crippen MR) is 60.3 cm³/mol. The normalized spacial score (nSPS) is 16.2. The van der Waals surface area contributed by atoms with Crippen molar-refractivity contribution < 1.29 is 9.59 Å². The Morgan fingerprint density at radius 2 is 1.19 bits per heavy atom. The number of rotatable bonds is 0. The number of hydrogen-bond acceptors (Lipinski definition) is 2. The number of aliphatic imine (C=N–C) groups is 2. The van der Waals surface area contributed by atoms with E-state index < -0.39 is 0 Å². The van der Waals surface area contributed by atoms with Gasteiger partial charge in [-0.25, -0.2) is 9.98 Å². The number of carbonyl (C=O) groups excluding carboxylic acids is 2. The van der Waals surface area contributed by atoms with Gasteiger partial charge < -0.3 is 0 Å². The van der Waals surface area contributed by atoms with E-state index in [1.54, 1.807) is 24.3 Å². The highest BCUT2D eigenvalue weighted by Crippen LogP contribution is 2.01. The Hall–Kier alpha value is -2.36. The molecule has 0 radical (unpaired) electrons. The molecule has 4 heteroatoms. The topological polar surface area (TPSA) is 58.9 Å². The minimum Gasteiger partial charge on any atom is -0.267 e. The van der Waals surface area contributed by atoms with E-state index in [1.165, 1.54) is 12.4 Å². The van der Waals surface area contributed by atoms with Gasteiger partial charge in [0.1, 0.15) is 0 Å². The van der Waals surface area contributed by atoms with Gasteiger partial charge in [0.25, 0.3) is 11.8 Å². The molecule has 0 fully saturated rings. The maximum Gasteiger partial charge on any atom is 0.277 e. The summed E-state index contributed by atoms with van der Waals surface area (Å²) in [7, 11) is 0. The summed E-state index contributed by atoms with van der Waals surface area (Å²) >= 11 is 0. The fraction of sp³-hybridized carbons (Fsp3) is 0. The van der Waals surface area contributed by atoms with Crippen LogP contribution in [0.4, 0.5) is 0 Å². The molecule has 0 N–H and O–H groups in total. The van der Waals surface area contributed by atoms with Crippen LogP contribution in [0.1, 0.15) is 20.7 Å². The molecule has 2 amide bonds. The number of fused-ring (bicyclic) bond motifs is 2. The molecule has 0 atom stereocenters. The monoisotopic (exact) mass is 210 g/mol. The second-order valence-corrected chi connectivity index (χ2v) is 3.53. The summed E-state index contributed by atoms with van der Waals surface area (Å²) in [6.45, 7) is 0. The highest BCUT2D eigenvalue weighted by Gasteiger charge is 2.14. The van der Waals surface area contributed by atoms with Crippen molar-refractivity contribution in [3.8, 4) is 0 Å². The van der Waals surface area contributed by atoms with Gasteiger partial charge in [-0.1, -0.05) is 0 Å². The van der Waals surface area contributed by atoms with E-state index in [1.807, 2.05) is 0 Å². The van der Waals surface area contributed by atoms with E-state index in [0.717, 1.165) is 10.4 Å². The van der Waals surface area contributed by atoms with Crippen molar-refractivity contribution in [1.29, 1.82) is 0 Å². The van der Waals surface area contributed by atoms with Crippen LogP contribution in [0.25, 0.3) is 12.2 Å². The maximum atomic E-state index is 11.5. The third kappa shape index (κ3) is 1.16. The van der Waals surface area contributed by atoms with E-state index >= 15 is 0 Å². The highest BCUT2D eigenvalue weighted by molar-refractivity contribution is 6.12. The Morgan fingerprint density at radius 1 is 0.750 bits per heavy atom. The summed E-state index contributed by atoms with van der Waals surface area (Å²) in [5.74, 6) is -0.549. The second kappa shape index (κ2) is 3.06. The lowest BCUT2D eigenvalue weighted by molar-refractivity contribution is 0.0989. The molecular weight excluding hydrogens is 204 g/mol. The molecular formula is C12H6N2O2. The Balaban J connectivity index is 2.43. The average Bonchev–Trinajstić information content (AvgIpc) is 2.29. The zero-order valence-corrected chi connectivity index (χ0v) is 8.18. The first kappa shape index (κ1) is 8.91. The molecule has 0 bridgehead atoms. The number of amides is 2. The molecule has 76 valence electrons. The summed E-state index contributed by atoms with van der Waals surface area (Å²) in [6, 6.07) is 3.37. The molecule has 0 unspecified atom stereocenters. The summed E-state index contributed by atoms with van der Waals surface area (Å²) in [6.07, 6.45) is 6.31. The molecule has 1 aromatic rings. The smallest absolute Gasteiger partial charge is 0.267 e. The Morgan fingerprint density at radius 3 is 1.62 bits per heavy atom. The summed E-state index contributed by atoms with van der Waals surface area (Å²) in [5, 5.41) is 1.44. The fourth-order valence-corrected chi connectivity index (χ4v) is 1.79. The Bertz CT molecular complexity index is 635. The molecule has 0 aliphatic carbocycles. The van der Waals surface area contributed by atoms with Gasteiger partial charge in [0.15, 0.2) is 0 Å². The molecule has 16 heavy (non-hydrogen) atoms. The first-order valence-electron chi connectivity index (χ1n) is 4.77. The minimum atomic E-state index is -0.274. The van der Waals surface area contributed by atoms with Gasteiger partial charge in [0.2, 0.25) is 0 Å². The molecule has 0 saturated heterocycles. The van der Waals surface area contributed by atoms with Gasteiger partial charge in [0, 0.05) is 23.6 Å². The second-order valence-electron chi connectivity index (χ2n) is 3.53. The van der Waals surface area contributed by atoms with Crippen LogP contribution in [0.15, 0.2) is 22.1 Å². The molecule has 4 nitrogen and oxygen atoms in total. The molecule has 0 aromatic heterocycles. The van der Waals surface area contributed by atoms with Crippen LogP contribution in [0, 0.1) is 0 Å². The molecule has 1 aromatic carbocycles. The van der Waals surface area contributed by atoms with Crippen molar-refractivity contribution in [2.45, 2.75) is 0 Å². The minimum absolute atomic E-state index is 0.274. The Kier molecular flexibility index (Phi) is 1.71. The van der Waals surface area contributed by atoms with Crippen LogP contribution < -0.4 is 10.4 Å². The standard InChI is InChI=1S/C12H6N2O2/c15-11-9-6-8-2-4-14-12(16)10(8)5-7(9)1-3-13-11/h1-6H. The van der Waals surface area contributed by atoms with Crippen molar-refractivity contribution >= 4 is 36.4 Å². The zero-order valence-electron chi connectivity index (χ0n) is 8.18. The quantitative estimate of drug-likeness (QED) is 0.590. The number of carbonyl (C=O) groups is 2. The SMILES string of the molecule is O=C1N=CC=c2cc3c(cc21)=CC=NC3=O. The molecule has 2 aliphatic rings. The van der Waals surface area contributed by atoms with Crippen LogP contribution in [0.3, 0.4) is 0 Å².